The van der Waals surface area contributed by atoms with E-state index in [2.05, 4.69) is 29.6 Å². The molecule has 0 aliphatic heterocycles. The smallest absolute Gasteiger partial charge is 0.127 e. The molecular weight excluding hydrogens is 246 g/mol. The molecule has 0 amide bonds. The number of aryl methyl sites for hydroxylation is 1. The number of ether oxygens (including phenoxy) is 1. The van der Waals surface area contributed by atoms with Gasteiger partial charge in [-0.25, -0.2) is 0 Å². The third-order valence-electron chi connectivity index (χ3n) is 3.83. The van der Waals surface area contributed by atoms with E-state index in [1.165, 1.54) is 11.5 Å². The first-order valence-electron chi connectivity index (χ1n) is 6.25. The fourth-order valence-corrected chi connectivity index (χ4v) is 3.17. The molecule has 2 unspecified atom stereocenters. The fourth-order valence-electron chi connectivity index (χ4n) is 2.37. The van der Waals surface area contributed by atoms with Crippen LogP contribution in [0.2, 0.25) is 0 Å². The van der Waals surface area contributed by atoms with E-state index in [0.717, 1.165) is 23.7 Å². The van der Waals surface area contributed by atoms with Gasteiger partial charge in [-0.1, -0.05) is 13.8 Å². The van der Waals surface area contributed by atoms with Gasteiger partial charge in [-0.2, -0.15) is 9.64 Å². The van der Waals surface area contributed by atoms with Crippen molar-refractivity contribution >= 4 is 16.5 Å². The molecule has 0 saturated heterocycles. The second-order valence-electron chi connectivity index (χ2n) is 5.28. The van der Waals surface area contributed by atoms with Crippen molar-refractivity contribution in [3.63, 3.8) is 0 Å². The summed E-state index contributed by atoms with van der Waals surface area (Å²) in [5, 5.41) is 13.5. The molecule has 0 radical (unpaired) electrons. The summed E-state index contributed by atoms with van der Waals surface area (Å²) in [6.07, 6.45) is 1.29. The number of nitrogens with zero attached hydrogens (tertiary/aromatic N) is 2. The minimum Gasteiger partial charge on any atom is -0.378 e. The molecule has 1 N–H and O–H groups in total. The number of nitrogens with one attached hydrogen (secondary N) is 1. The molecule has 1 fully saturated rings. The van der Waals surface area contributed by atoms with Crippen LogP contribution in [0.4, 0.5) is 5.00 Å². The first kappa shape index (κ1) is 13.3. The molecule has 1 aromatic rings. The summed E-state index contributed by atoms with van der Waals surface area (Å²) in [5.74, 6) is 0. The van der Waals surface area contributed by atoms with E-state index in [-0.39, 0.29) is 5.41 Å². The first-order valence-corrected chi connectivity index (χ1v) is 7.02. The summed E-state index contributed by atoms with van der Waals surface area (Å²) < 4.78 is 9.93. The van der Waals surface area contributed by atoms with Gasteiger partial charge in [0.05, 0.1) is 11.8 Å². The van der Waals surface area contributed by atoms with Crippen molar-refractivity contribution in [3.8, 4) is 6.07 Å². The van der Waals surface area contributed by atoms with Crippen molar-refractivity contribution in [2.75, 3.05) is 11.9 Å². The van der Waals surface area contributed by atoms with E-state index < -0.39 is 0 Å². The lowest BCUT2D eigenvalue weighted by Crippen LogP contribution is -2.58. The quantitative estimate of drug-likeness (QED) is 0.909. The van der Waals surface area contributed by atoms with Crippen molar-refractivity contribution in [2.24, 2.45) is 5.41 Å². The second kappa shape index (κ2) is 4.87. The van der Waals surface area contributed by atoms with Crippen LogP contribution in [0.5, 0.6) is 0 Å². The van der Waals surface area contributed by atoms with Crippen LogP contribution in [0.3, 0.4) is 0 Å². The maximum atomic E-state index is 9.11. The largest absolute Gasteiger partial charge is 0.378 e. The number of rotatable bonds is 4. The van der Waals surface area contributed by atoms with Crippen LogP contribution in [0.15, 0.2) is 0 Å². The van der Waals surface area contributed by atoms with Gasteiger partial charge in [-0.15, -0.1) is 0 Å². The molecule has 0 bridgehead atoms. The van der Waals surface area contributed by atoms with Gasteiger partial charge >= 0.3 is 0 Å². The zero-order valence-electron chi connectivity index (χ0n) is 11.3. The van der Waals surface area contributed by atoms with Crippen molar-refractivity contribution in [3.05, 3.63) is 11.3 Å². The molecule has 1 aliphatic carbocycles. The van der Waals surface area contributed by atoms with E-state index >= 15 is 0 Å². The van der Waals surface area contributed by atoms with Crippen molar-refractivity contribution < 1.29 is 4.74 Å². The zero-order chi connectivity index (χ0) is 13.3. The molecule has 4 nitrogen and oxygen atoms in total. The Morgan fingerprint density at radius 3 is 2.89 bits per heavy atom. The highest BCUT2D eigenvalue weighted by molar-refractivity contribution is 7.10. The Balaban J connectivity index is 2.06. The maximum absolute atomic E-state index is 9.11. The third kappa shape index (κ3) is 2.11. The highest BCUT2D eigenvalue weighted by Crippen LogP contribution is 2.45. The SMILES string of the molecule is CCOC1CC(Nc2snc(C)c2C#N)C1(C)C. The Bertz CT molecular complexity index is 475. The number of aromatic nitrogens is 1. The summed E-state index contributed by atoms with van der Waals surface area (Å²) in [5.41, 5.74) is 1.58. The van der Waals surface area contributed by atoms with Crippen LogP contribution in [0.1, 0.15) is 38.4 Å². The van der Waals surface area contributed by atoms with Gasteiger partial charge in [-0.3, -0.25) is 0 Å². The minimum atomic E-state index is 0.0978. The van der Waals surface area contributed by atoms with Crippen LogP contribution in [-0.4, -0.2) is 23.1 Å². The van der Waals surface area contributed by atoms with Gasteiger partial charge in [0.2, 0.25) is 0 Å². The lowest BCUT2D eigenvalue weighted by Gasteiger charge is -2.51. The van der Waals surface area contributed by atoms with Crippen LogP contribution >= 0.6 is 11.5 Å². The van der Waals surface area contributed by atoms with Gasteiger partial charge in [0.15, 0.2) is 0 Å². The second-order valence-corrected chi connectivity index (χ2v) is 6.06. The van der Waals surface area contributed by atoms with Crippen LogP contribution in [-0.2, 0) is 4.74 Å². The zero-order valence-corrected chi connectivity index (χ0v) is 12.1. The van der Waals surface area contributed by atoms with Crippen LogP contribution in [0, 0.1) is 23.7 Å². The molecule has 0 aromatic carbocycles. The molecule has 1 aromatic heterocycles. The molecule has 2 atom stereocenters. The van der Waals surface area contributed by atoms with Crippen molar-refractivity contribution in [2.45, 2.75) is 46.3 Å². The number of hydrogen-bond acceptors (Lipinski definition) is 5. The van der Waals surface area contributed by atoms with Crippen LogP contribution < -0.4 is 5.32 Å². The summed E-state index contributed by atoms with van der Waals surface area (Å²) in [6.45, 7) is 9.05. The minimum absolute atomic E-state index is 0.0978. The van der Waals surface area contributed by atoms with Gasteiger partial charge in [0.1, 0.15) is 16.6 Å². The normalized spacial score (nSPS) is 25.3. The fraction of sp³-hybridized carbons (Fsp3) is 0.692. The lowest BCUT2D eigenvalue weighted by molar-refractivity contribution is -0.0975. The molecular formula is C13H19N3OS. The Morgan fingerprint density at radius 1 is 1.61 bits per heavy atom. The number of anilines is 1. The predicted molar refractivity (Wildman–Crippen MR) is 72.8 cm³/mol. The molecule has 2 rings (SSSR count). The highest BCUT2D eigenvalue weighted by atomic mass is 32.1. The average molecular weight is 265 g/mol. The summed E-state index contributed by atoms with van der Waals surface area (Å²) in [4.78, 5) is 0. The molecule has 1 saturated carbocycles. The van der Waals surface area contributed by atoms with E-state index in [0.29, 0.717) is 17.7 Å². The topological polar surface area (TPSA) is 57.9 Å². The average Bonchev–Trinajstić information content (AvgIpc) is 2.68. The lowest BCUT2D eigenvalue weighted by atomic mass is 9.64. The summed E-state index contributed by atoms with van der Waals surface area (Å²) >= 11 is 1.37. The molecule has 1 aliphatic rings. The van der Waals surface area contributed by atoms with E-state index in [1.54, 1.807) is 0 Å². The monoisotopic (exact) mass is 265 g/mol. The Labute approximate surface area is 112 Å². The van der Waals surface area contributed by atoms with Gasteiger partial charge in [-0.05, 0) is 31.8 Å². The van der Waals surface area contributed by atoms with E-state index in [4.69, 9.17) is 10.00 Å². The predicted octanol–water partition coefficient (Wildman–Crippen LogP) is 2.94. The van der Waals surface area contributed by atoms with Gasteiger partial charge < -0.3 is 10.1 Å². The van der Waals surface area contributed by atoms with Crippen molar-refractivity contribution in [1.82, 2.24) is 4.37 Å². The van der Waals surface area contributed by atoms with Crippen molar-refractivity contribution in [1.29, 1.82) is 5.26 Å². The summed E-state index contributed by atoms with van der Waals surface area (Å²) in [7, 11) is 0. The molecule has 1 heterocycles. The highest BCUT2D eigenvalue weighted by Gasteiger charge is 2.49. The number of nitriles is 1. The van der Waals surface area contributed by atoms with Gasteiger partial charge in [0, 0.05) is 18.1 Å². The van der Waals surface area contributed by atoms with E-state index in [9.17, 15) is 0 Å². The Morgan fingerprint density at radius 2 is 2.33 bits per heavy atom. The standard InChI is InChI=1S/C13H19N3OS/c1-5-17-11-6-10(13(11,3)4)15-12-9(7-14)8(2)16-18-12/h10-11,15H,5-6H2,1-4H3. The van der Waals surface area contributed by atoms with E-state index in [1.807, 2.05) is 13.8 Å². The Hall–Kier alpha value is -1.12. The Kier molecular flexibility index (Phi) is 3.60. The molecule has 0 spiro atoms. The molecule has 18 heavy (non-hydrogen) atoms. The molecule has 98 valence electrons. The first-order chi connectivity index (χ1) is 8.50. The maximum Gasteiger partial charge on any atom is 0.127 e. The number of hydrogen-bond donors (Lipinski definition) is 1. The molecule has 5 heteroatoms. The summed E-state index contributed by atoms with van der Waals surface area (Å²) in [6, 6.07) is 2.56. The van der Waals surface area contributed by atoms with Crippen LogP contribution in [0.25, 0.3) is 0 Å². The third-order valence-corrected chi connectivity index (χ3v) is 4.70. The van der Waals surface area contributed by atoms with Gasteiger partial charge in [0.25, 0.3) is 0 Å².